The predicted octanol–water partition coefficient (Wildman–Crippen LogP) is -1.47. The summed E-state index contributed by atoms with van der Waals surface area (Å²) in [6.07, 6.45) is -0.125. The molecule has 0 atom stereocenters. The van der Waals surface area contributed by atoms with E-state index in [1.165, 1.54) is 0 Å². The van der Waals surface area contributed by atoms with Crippen LogP contribution < -0.4 is 10.6 Å². The maximum absolute atomic E-state index is 10.4. The number of nitrogens with one attached hydrogen (secondary N) is 2. The number of hydrogen-bond donors (Lipinski definition) is 2. The van der Waals surface area contributed by atoms with Crippen molar-refractivity contribution in [2.75, 3.05) is 0 Å². The van der Waals surface area contributed by atoms with Crippen LogP contribution in [0.1, 0.15) is 6.42 Å². The van der Waals surface area contributed by atoms with E-state index in [2.05, 4.69) is 22.9 Å². The molecule has 0 aromatic rings. The summed E-state index contributed by atoms with van der Waals surface area (Å²) < 4.78 is 0. The van der Waals surface area contributed by atoms with Gasteiger partial charge < -0.3 is 10.6 Å². The van der Waals surface area contributed by atoms with Crippen molar-refractivity contribution in [2.45, 2.75) is 6.42 Å². The number of amides is 2. The van der Waals surface area contributed by atoms with E-state index in [0.717, 1.165) is 0 Å². The van der Waals surface area contributed by atoms with E-state index in [1.54, 1.807) is 0 Å². The summed E-state index contributed by atoms with van der Waals surface area (Å²) >= 11 is 4.50. The Morgan fingerprint density at radius 2 is 1.60 bits per heavy atom. The number of thiocarbonyl (C=S) groups is 1. The van der Waals surface area contributed by atoms with Gasteiger partial charge in [0.05, 0.1) is 0 Å². The van der Waals surface area contributed by atoms with E-state index in [-0.39, 0.29) is 74.7 Å². The van der Waals surface area contributed by atoms with Gasteiger partial charge in [-0.3, -0.25) is 9.59 Å². The van der Waals surface area contributed by atoms with Crippen LogP contribution in [0.5, 0.6) is 0 Å². The van der Waals surface area contributed by atoms with Gasteiger partial charge in [0, 0.05) is 51.4 Å². The van der Waals surface area contributed by atoms with Crippen molar-refractivity contribution < 1.29 is 9.59 Å². The quantitative estimate of drug-likeness (QED) is 0.274. The third-order valence-electron chi connectivity index (χ3n) is 0.827. The van der Waals surface area contributed by atoms with Gasteiger partial charge in [-0.1, -0.05) is 0 Å². The van der Waals surface area contributed by atoms with Gasteiger partial charge in [-0.05, 0) is 12.2 Å². The molecular formula is C4H4KN2O2S. The summed E-state index contributed by atoms with van der Waals surface area (Å²) in [5.41, 5.74) is 0. The van der Waals surface area contributed by atoms with E-state index >= 15 is 0 Å². The number of hydrogen-bond acceptors (Lipinski definition) is 3. The first kappa shape index (κ1) is 10.7. The molecule has 1 saturated heterocycles. The van der Waals surface area contributed by atoms with Crippen LogP contribution in [0, 0.1) is 0 Å². The second kappa shape index (κ2) is 4.53. The summed E-state index contributed by atoms with van der Waals surface area (Å²) in [7, 11) is 0. The first-order valence-electron chi connectivity index (χ1n) is 2.32. The minimum absolute atomic E-state index is 0. The molecule has 49 valence electrons. The van der Waals surface area contributed by atoms with Gasteiger partial charge in [0.15, 0.2) is 5.11 Å². The third kappa shape index (κ3) is 3.17. The molecule has 1 fully saturated rings. The Bertz CT molecular complexity index is 148. The average molecular weight is 183 g/mol. The van der Waals surface area contributed by atoms with Gasteiger partial charge in [0.25, 0.3) is 0 Å². The van der Waals surface area contributed by atoms with Crippen LogP contribution in [0.2, 0.25) is 0 Å². The SMILES string of the molecule is O=C1CC(=O)NC(=S)N1.[K]. The zero-order valence-electron chi connectivity index (χ0n) is 5.43. The minimum atomic E-state index is -0.344. The number of carbonyl (C=O) groups is 2. The first-order chi connectivity index (χ1) is 4.18. The van der Waals surface area contributed by atoms with Gasteiger partial charge in [-0.25, -0.2) is 0 Å². The molecule has 0 saturated carbocycles. The maximum Gasteiger partial charge on any atom is 0.235 e. The normalized spacial score (nSPS) is 17.0. The average Bonchev–Trinajstić information content (AvgIpc) is 1.59. The fourth-order valence-corrected chi connectivity index (χ4v) is 0.746. The molecule has 0 aromatic heterocycles. The topological polar surface area (TPSA) is 58.2 Å². The van der Waals surface area contributed by atoms with Crippen molar-refractivity contribution in [1.82, 2.24) is 10.6 Å². The Morgan fingerprint density at radius 3 is 1.90 bits per heavy atom. The molecule has 10 heavy (non-hydrogen) atoms. The summed E-state index contributed by atoms with van der Waals surface area (Å²) in [6.45, 7) is 0. The summed E-state index contributed by atoms with van der Waals surface area (Å²) in [5, 5.41) is 4.63. The van der Waals surface area contributed by atoms with Crippen molar-refractivity contribution in [3.8, 4) is 0 Å². The van der Waals surface area contributed by atoms with Gasteiger partial charge in [-0.2, -0.15) is 0 Å². The van der Waals surface area contributed by atoms with Crippen molar-refractivity contribution in [3.63, 3.8) is 0 Å². The fourth-order valence-electron chi connectivity index (χ4n) is 0.519. The van der Waals surface area contributed by atoms with E-state index in [9.17, 15) is 9.59 Å². The van der Waals surface area contributed by atoms with Crippen molar-refractivity contribution in [2.24, 2.45) is 0 Å². The van der Waals surface area contributed by atoms with E-state index in [1.807, 2.05) is 0 Å². The Hall–Kier alpha value is 0.666. The largest absolute Gasteiger partial charge is 0.302 e. The summed E-state index contributed by atoms with van der Waals surface area (Å²) in [4.78, 5) is 20.8. The zero-order chi connectivity index (χ0) is 6.85. The molecular weight excluding hydrogens is 179 g/mol. The number of rotatable bonds is 0. The molecule has 0 aromatic carbocycles. The molecule has 0 aliphatic carbocycles. The Morgan fingerprint density at radius 1 is 1.20 bits per heavy atom. The molecule has 0 bridgehead atoms. The van der Waals surface area contributed by atoms with Gasteiger partial charge in [-0.15, -0.1) is 0 Å². The van der Waals surface area contributed by atoms with Gasteiger partial charge in [0.1, 0.15) is 6.42 Å². The van der Waals surface area contributed by atoms with E-state index < -0.39 is 0 Å². The van der Waals surface area contributed by atoms with Crippen molar-refractivity contribution in [1.29, 1.82) is 0 Å². The van der Waals surface area contributed by atoms with Crippen LogP contribution in [0.25, 0.3) is 0 Å². The molecule has 2 amide bonds. The molecule has 6 heteroatoms. The molecule has 1 aliphatic heterocycles. The fraction of sp³-hybridized carbons (Fsp3) is 0.250. The van der Waals surface area contributed by atoms with Crippen molar-refractivity contribution in [3.05, 3.63) is 0 Å². The van der Waals surface area contributed by atoms with E-state index in [4.69, 9.17) is 0 Å². The molecule has 1 radical (unpaired) electrons. The summed E-state index contributed by atoms with van der Waals surface area (Å²) in [5.74, 6) is -0.687. The molecule has 0 spiro atoms. The Kier molecular flexibility index (Phi) is 4.83. The van der Waals surface area contributed by atoms with Crippen LogP contribution in [0.15, 0.2) is 0 Å². The van der Waals surface area contributed by atoms with Crippen molar-refractivity contribution >= 4 is 80.5 Å². The third-order valence-corrected chi connectivity index (χ3v) is 1.03. The maximum atomic E-state index is 10.4. The Balaban J connectivity index is 0.000000810. The zero-order valence-corrected chi connectivity index (χ0v) is 9.37. The second-order valence-corrected chi connectivity index (χ2v) is 2.01. The van der Waals surface area contributed by atoms with Crippen LogP contribution in [0.4, 0.5) is 0 Å². The van der Waals surface area contributed by atoms with Crippen LogP contribution >= 0.6 is 12.2 Å². The molecule has 0 unspecified atom stereocenters. The Labute approximate surface area is 106 Å². The number of carbonyl (C=O) groups excluding carboxylic acids is 2. The molecule has 4 nitrogen and oxygen atoms in total. The van der Waals surface area contributed by atoms with E-state index in [0.29, 0.717) is 0 Å². The van der Waals surface area contributed by atoms with Crippen LogP contribution in [0.3, 0.4) is 0 Å². The molecule has 1 rings (SSSR count). The minimum Gasteiger partial charge on any atom is -0.302 e. The van der Waals surface area contributed by atoms with Gasteiger partial charge >= 0.3 is 0 Å². The van der Waals surface area contributed by atoms with Gasteiger partial charge in [0.2, 0.25) is 11.8 Å². The summed E-state index contributed by atoms with van der Waals surface area (Å²) in [6, 6.07) is 0. The molecule has 1 heterocycles. The smallest absolute Gasteiger partial charge is 0.235 e. The van der Waals surface area contributed by atoms with Crippen LogP contribution in [-0.2, 0) is 9.59 Å². The van der Waals surface area contributed by atoms with Crippen LogP contribution in [-0.4, -0.2) is 68.3 Å². The monoisotopic (exact) mass is 183 g/mol. The predicted molar refractivity (Wildman–Crippen MR) is 39.3 cm³/mol. The first-order valence-corrected chi connectivity index (χ1v) is 2.73. The standard InChI is InChI=1S/C4H4N2O2S.K/c7-2-1-3(8)6-4(9)5-2;/h1H2,(H2,5,6,7,8,9);. The molecule has 1 aliphatic rings. The second-order valence-electron chi connectivity index (χ2n) is 1.60. The molecule has 2 N–H and O–H groups in total.